The van der Waals surface area contributed by atoms with Gasteiger partial charge >= 0.3 is 0 Å². The van der Waals surface area contributed by atoms with E-state index in [1.54, 1.807) is 18.4 Å². The summed E-state index contributed by atoms with van der Waals surface area (Å²) < 4.78 is 5.23. The van der Waals surface area contributed by atoms with Crippen molar-refractivity contribution in [2.45, 2.75) is 25.4 Å². The Morgan fingerprint density at radius 2 is 2.00 bits per heavy atom. The van der Waals surface area contributed by atoms with Crippen molar-refractivity contribution >= 4 is 12.0 Å². The highest BCUT2D eigenvalue weighted by Gasteiger charge is 2.31. The van der Waals surface area contributed by atoms with Gasteiger partial charge in [0.2, 0.25) is 5.91 Å². The minimum atomic E-state index is 0.0753. The fourth-order valence-electron chi connectivity index (χ4n) is 3.71. The second-order valence-electron chi connectivity index (χ2n) is 6.56. The quantitative estimate of drug-likeness (QED) is 0.815. The van der Waals surface area contributed by atoms with E-state index in [1.165, 1.54) is 11.1 Å². The average molecular weight is 322 g/mol. The molecule has 0 radical (unpaired) electrons. The van der Waals surface area contributed by atoms with Crippen molar-refractivity contribution in [2.75, 3.05) is 19.6 Å². The number of benzene rings is 1. The zero-order valence-electron chi connectivity index (χ0n) is 13.7. The molecule has 4 rings (SSSR count). The molecule has 4 nitrogen and oxygen atoms in total. The van der Waals surface area contributed by atoms with Crippen molar-refractivity contribution in [2.24, 2.45) is 0 Å². The van der Waals surface area contributed by atoms with Crippen LogP contribution in [0.3, 0.4) is 0 Å². The normalized spacial score (nSPS) is 21.3. The van der Waals surface area contributed by atoms with Gasteiger partial charge in [0.05, 0.1) is 6.26 Å². The summed E-state index contributed by atoms with van der Waals surface area (Å²) in [4.78, 5) is 16.8. The molecule has 4 heteroatoms. The fraction of sp³-hybridized carbons (Fsp3) is 0.350. The molecule has 3 heterocycles. The molecule has 2 aromatic rings. The van der Waals surface area contributed by atoms with E-state index in [0.29, 0.717) is 11.8 Å². The minimum absolute atomic E-state index is 0.0753. The molecule has 0 unspecified atom stereocenters. The number of hydrogen-bond acceptors (Lipinski definition) is 3. The molecule has 24 heavy (non-hydrogen) atoms. The number of nitrogens with zero attached hydrogens (tertiary/aromatic N) is 2. The molecule has 0 aliphatic carbocycles. The lowest BCUT2D eigenvalue weighted by molar-refractivity contribution is -0.125. The first-order valence-electron chi connectivity index (χ1n) is 8.61. The van der Waals surface area contributed by atoms with Crippen LogP contribution in [0.25, 0.3) is 6.08 Å². The van der Waals surface area contributed by atoms with Gasteiger partial charge in [0.15, 0.2) is 0 Å². The summed E-state index contributed by atoms with van der Waals surface area (Å²) >= 11 is 0. The molecule has 1 saturated heterocycles. The van der Waals surface area contributed by atoms with Gasteiger partial charge in [-0.2, -0.15) is 0 Å². The molecule has 1 fully saturated rings. The molecule has 124 valence electrons. The van der Waals surface area contributed by atoms with E-state index >= 15 is 0 Å². The summed E-state index contributed by atoms with van der Waals surface area (Å²) in [5.41, 5.74) is 2.91. The molecule has 1 aromatic heterocycles. The molecule has 0 N–H and O–H groups in total. The van der Waals surface area contributed by atoms with E-state index < -0.39 is 0 Å². The summed E-state index contributed by atoms with van der Waals surface area (Å²) in [6, 6.07) is 12.8. The average Bonchev–Trinajstić information content (AvgIpc) is 3.31. The largest absolute Gasteiger partial charge is 0.465 e. The zero-order valence-corrected chi connectivity index (χ0v) is 13.7. The van der Waals surface area contributed by atoms with Crippen LogP contribution in [0, 0.1) is 0 Å². The molecule has 2 aliphatic rings. The van der Waals surface area contributed by atoms with Gasteiger partial charge in [-0.15, -0.1) is 0 Å². The number of carbonyl (C=O) groups excluding carboxylic acids is 1. The molecule has 0 saturated carbocycles. The smallest absolute Gasteiger partial charge is 0.246 e. The second-order valence-corrected chi connectivity index (χ2v) is 6.56. The van der Waals surface area contributed by atoms with Crippen molar-refractivity contribution in [3.63, 3.8) is 0 Å². The summed E-state index contributed by atoms with van der Waals surface area (Å²) in [6.07, 6.45) is 7.14. The van der Waals surface area contributed by atoms with E-state index in [1.807, 2.05) is 17.0 Å². The van der Waals surface area contributed by atoms with Gasteiger partial charge in [0.1, 0.15) is 5.76 Å². The Hall–Kier alpha value is -2.33. The van der Waals surface area contributed by atoms with Crippen LogP contribution in [-0.4, -0.2) is 41.4 Å². The highest BCUT2D eigenvalue weighted by Crippen LogP contribution is 2.24. The van der Waals surface area contributed by atoms with E-state index in [9.17, 15) is 4.79 Å². The lowest BCUT2D eigenvalue weighted by Crippen LogP contribution is -2.41. The Morgan fingerprint density at radius 3 is 2.83 bits per heavy atom. The van der Waals surface area contributed by atoms with Crippen LogP contribution in [0.2, 0.25) is 0 Å². The van der Waals surface area contributed by atoms with Gasteiger partial charge in [-0.05, 0) is 42.2 Å². The van der Waals surface area contributed by atoms with Gasteiger partial charge < -0.3 is 9.32 Å². The minimum Gasteiger partial charge on any atom is -0.465 e. The summed E-state index contributed by atoms with van der Waals surface area (Å²) in [5.74, 6) is 0.790. The highest BCUT2D eigenvalue weighted by atomic mass is 16.3. The van der Waals surface area contributed by atoms with Crippen molar-refractivity contribution in [1.82, 2.24) is 9.80 Å². The maximum absolute atomic E-state index is 12.3. The third kappa shape index (κ3) is 3.15. The lowest BCUT2D eigenvalue weighted by Gasteiger charge is -2.33. The Balaban J connectivity index is 1.36. The Morgan fingerprint density at radius 1 is 1.12 bits per heavy atom. The van der Waals surface area contributed by atoms with Crippen LogP contribution < -0.4 is 0 Å². The van der Waals surface area contributed by atoms with Crippen molar-refractivity contribution in [1.29, 1.82) is 0 Å². The third-order valence-corrected chi connectivity index (χ3v) is 5.08. The summed E-state index contributed by atoms with van der Waals surface area (Å²) in [6.45, 7) is 3.75. The number of fused-ring (bicyclic) bond motifs is 1. The monoisotopic (exact) mass is 322 g/mol. The number of carbonyl (C=O) groups is 1. The first-order valence-corrected chi connectivity index (χ1v) is 8.61. The van der Waals surface area contributed by atoms with Crippen LogP contribution in [0.1, 0.15) is 23.3 Å². The number of rotatable bonds is 3. The maximum Gasteiger partial charge on any atom is 0.246 e. The maximum atomic E-state index is 12.3. The Kier molecular flexibility index (Phi) is 4.22. The Bertz CT molecular complexity index is 736. The predicted octanol–water partition coefficient (Wildman–Crippen LogP) is 2.95. The molecule has 1 amide bonds. The second kappa shape index (κ2) is 6.65. The molecule has 0 spiro atoms. The van der Waals surface area contributed by atoms with Crippen LogP contribution in [0.4, 0.5) is 0 Å². The molecule has 1 atom stereocenters. The van der Waals surface area contributed by atoms with Crippen LogP contribution in [0.5, 0.6) is 0 Å². The zero-order chi connectivity index (χ0) is 16.4. The molecular weight excluding hydrogens is 300 g/mol. The van der Waals surface area contributed by atoms with Crippen molar-refractivity contribution in [3.05, 3.63) is 65.6 Å². The van der Waals surface area contributed by atoms with Gasteiger partial charge in [-0.25, -0.2) is 0 Å². The SMILES string of the molecule is O=C(/C=C/c1ccco1)N1CC[C@@H](N2CCc3ccccc3C2)C1. The van der Waals surface area contributed by atoms with Gasteiger partial charge in [0.25, 0.3) is 0 Å². The number of hydrogen-bond donors (Lipinski definition) is 0. The Labute approximate surface area is 142 Å². The van der Waals surface area contributed by atoms with Gasteiger partial charge in [-0.1, -0.05) is 24.3 Å². The first-order chi connectivity index (χ1) is 11.8. The molecular formula is C20H22N2O2. The van der Waals surface area contributed by atoms with Crippen molar-refractivity contribution in [3.8, 4) is 0 Å². The first kappa shape index (κ1) is 15.2. The lowest BCUT2D eigenvalue weighted by atomic mass is 9.98. The van der Waals surface area contributed by atoms with Crippen LogP contribution in [-0.2, 0) is 17.8 Å². The number of furan rings is 1. The third-order valence-electron chi connectivity index (χ3n) is 5.08. The summed E-state index contributed by atoms with van der Waals surface area (Å²) in [5, 5.41) is 0. The van der Waals surface area contributed by atoms with Crippen molar-refractivity contribution < 1.29 is 9.21 Å². The standard InChI is InChI=1S/C20H22N2O2/c23-20(8-7-19-6-3-13-24-19)22-12-10-18(15-22)21-11-9-16-4-1-2-5-17(16)14-21/h1-8,13,18H,9-12,14-15H2/b8-7+/t18-/m1/s1. The van der Waals surface area contributed by atoms with Gasteiger partial charge in [0, 0.05) is 38.3 Å². The predicted molar refractivity (Wildman–Crippen MR) is 93.3 cm³/mol. The van der Waals surface area contributed by atoms with E-state index in [2.05, 4.69) is 29.2 Å². The highest BCUT2D eigenvalue weighted by molar-refractivity contribution is 5.91. The number of amides is 1. The van der Waals surface area contributed by atoms with E-state index in [-0.39, 0.29) is 5.91 Å². The fourth-order valence-corrected chi connectivity index (χ4v) is 3.71. The van der Waals surface area contributed by atoms with Crippen LogP contribution in [0.15, 0.2) is 53.2 Å². The number of likely N-dealkylation sites (tertiary alicyclic amines) is 1. The van der Waals surface area contributed by atoms with Crippen LogP contribution >= 0.6 is 0 Å². The van der Waals surface area contributed by atoms with E-state index in [4.69, 9.17) is 4.42 Å². The van der Waals surface area contributed by atoms with Gasteiger partial charge in [-0.3, -0.25) is 9.69 Å². The topological polar surface area (TPSA) is 36.7 Å². The molecule has 2 aliphatic heterocycles. The summed E-state index contributed by atoms with van der Waals surface area (Å²) in [7, 11) is 0. The van der Waals surface area contributed by atoms with E-state index in [0.717, 1.165) is 39.0 Å². The molecule has 0 bridgehead atoms. The molecule has 1 aromatic carbocycles.